The number of hydrogen-bond acceptors (Lipinski definition) is 2. The lowest BCUT2D eigenvalue weighted by Crippen LogP contribution is -2.33. The summed E-state index contributed by atoms with van der Waals surface area (Å²) < 4.78 is 0. The van der Waals surface area contributed by atoms with Crippen molar-refractivity contribution in [2.24, 2.45) is 23.7 Å². The SMILES string of the molecule is C1=CCNC(C2=CC3=C(C=C(c4ccccn4)C4C=C5C(=CC34)c3cccc4cccc5c34)C3C=C4C(=CC23)c2cccc3cccc4c23)=C1. The number of nitrogens with one attached hydrogen (secondary N) is 1. The second-order valence-corrected chi connectivity index (χ2v) is 14.6. The van der Waals surface area contributed by atoms with Crippen LogP contribution in [-0.2, 0) is 0 Å². The summed E-state index contributed by atoms with van der Waals surface area (Å²) in [4.78, 5) is 4.98. The van der Waals surface area contributed by atoms with Crippen LogP contribution >= 0.6 is 0 Å². The van der Waals surface area contributed by atoms with E-state index < -0.39 is 0 Å². The second-order valence-electron chi connectivity index (χ2n) is 14.6. The van der Waals surface area contributed by atoms with Gasteiger partial charge in [-0.25, -0.2) is 0 Å². The second kappa shape index (κ2) is 9.80. The predicted molar refractivity (Wildman–Crippen MR) is 206 cm³/mol. The van der Waals surface area contributed by atoms with Gasteiger partial charge in [-0.2, -0.15) is 0 Å². The molecule has 50 heavy (non-hydrogen) atoms. The van der Waals surface area contributed by atoms with E-state index in [1.807, 2.05) is 12.3 Å². The summed E-state index contributed by atoms with van der Waals surface area (Å²) in [6.07, 6.45) is 24.1. The zero-order valence-corrected chi connectivity index (χ0v) is 27.4. The molecule has 0 fully saturated rings. The molecule has 0 spiro atoms. The molecule has 12 rings (SSSR count). The van der Waals surface area contributed by atoms with Crippen molar-refractivity contribution in [2.75, 3.05) is 6.54 Å². The van der Waals surface area contributed by atoms with Gasteiger partial charge in [-0.3, -0.25) is 4.98 Å². The summed E-state index contributed by atoms with van der Waals surface area (Å²) in [5.74, 6) is 0.793. The lowest BCUT2D eigenvalue weighted by atomic mass is 9.61. The monoisotopic (exact) mass is 636 g/mol. The number of dihydropyridines is 1. The van der Waals surface area contributed by atoms with Gasteiger partial charge in [-0.1, -0.05) is 127 Å². The highest BCUT2D eigenvalue weighted by molar-refractivity contribution is 6.24. The van der Waals surface area contributed by atoms with Gasteiger partial charge in [0, 0.05) is 42.1 Å². The van der Waals surface area contributed by atoms with Gasteiger partial charge in [-0.15, -0.1) is 0 Å². The Morgan fingerprint density at radius 2 is 1.04 bits per heavy atom. The number of fused-ring (bicyclic) bond motifs is 10. The van der Waals surface area contributed by atoms with Gasteiger partial charge in [0.2, 0.25) is 0 Å². The number of allylic oxidation sites excluding steroid dienone is 16. The Morgan fingerprint density at radius 1 is 0.520 bits per heavy atom. The van der Waals surface area contributed by atoms with Gasteiger partial charge in [0.1, 0.15) is 0 Å². The number of aromatic nitrogens is 1. The first-order chi connectivity index (χ1) is 24.8. The Kier molecular flexibility index (Phi) is 5.27. The molecule has 1 aliphatic heterocycles. The molecule has 0 saturated carbocycles. The summed E-state index contributed by atoms with van der Waals surface area (Å²) in [5, 5.41) is 9.17. The standard InChI is InChI=1S/C48H32N2/c1-3-19-49-45(17-1)43-25-39-38-22-34-30-14-6-10-28-12-8-16-32(48(28)30)36(34)24-42(38)44(46-18-2-4-20-50-46)26-40(39)37-21-33-29-13-5-9-27-11-7-15-31(47(27)29)35(33)23-41(37)43/h1-19,21-26,37-38,41-42,50H,20H2. The van der Waals surface area contributed by atoms with Crippen molar-refractivity contribution < 1.29 is 0 Å². The summed E-state index contributed by atoms with van der Waals surface area (Å²) in [7, 11) is 0. The van der Waals surface area contributed by atoms with E-state index in [9.17, 15) is 0 Å². The van der Waals surface area contributed by atoms with E-state index in [2.05, 4.69) is 145 Å². The third-order valence-corrected chi connectivity index (χ3v) is 12.2. The Hall–Kier alpha value is -5.99. The Labute approximate surface area is 291 Å². The quantitative estimate of drug-likeness (QED) is 0.209. The molecule has 0 bridgehead atoms. The van der Waals surface area contributed by atoms with E-state index in [-0.39, 0.29) is 23.7 Å². The molecule has 1 aromatic heterocycles. The average molecular weight is 637 g/mol. The molecule has 1 N–H and O–H groups in total. The molecule has 5 aromatic rings. The van der Waals surface area contributed by atoms with Gasteiger partial charge in [0.05, 0.1) is 5.69 Å². The van der Waals surface area contributed by atoms with Gasteiger partial charge < -0.3 is 5.32 Å². The van der Waals surface area contributed by atoms with E-state index in [1.165, 1.54) is 94.1 Å². The van der Waals surface area contributed by atoms with Crippen LogP contribution in [-0.4, -0.2) is 11.5 Å². The van der Waals surface area contributed by atoms with E-state index in [1.54, 1.807) is 0 Å². The first-order valence-corrected chi connectivity index (χ1v) is 17.9. The van der Waals surface area contributed by atoms with Crippen LogP contribution in [0.4, 0.5) is 0 Å². The van der Waals surface area contributed by atoms with Crippen molar-refractivity contribution in [3.8, 4) is 0 Å². The largest absolute Gasteiger partial charge is 0.381 e. The van der Waals surface area contributed by atoms with Crippen LogP contribution < -0.4 is 5.32 Å². The molecule has 4 unspecified atom stereocenters. The maximum atomic E-state index is 4.98. The first-order valence-electron chi connectivity index (χ1n) is 17.9. The molecule has 2 heterocycles. The van der Waals surface area contributed by atoms with E-state index in [4.69, 9.17) is 4.98 Å². The van der Waals surface area contributed by atoms with Crippen LogP contribution in [0, 0.1) is 23.7 Å². The molecule has 2 heteroatoms. The fraction of sp³-hybridized carbons (Fsp3) is 0.104. The van der Waals surface area contributed by atoms with Crippen LogP contribution in [0.5, 0.6) is 0 Å². The minimum atomic E-state index is 0.182. The molecule has 0 saturated heterocycles. The van der Waals surface area contributed by atoms with Crippen LogP contribution in [0.3, 0.4) is 0 Å². The first kappa shape index (κ1) is 26.9. The zero-order chi connectivity index (χ0) is 32.5. The molecule has 234 valence electrons. The summed E-state index contributed by atoms with van der Waals surface area (Å²) >= 11 is 0. The molecule has 4 atom stereocenters. The highest BCUT2D eigenvalue weighted by Gasteiger charge is 2.44. The van der Waals surface area contributed by atoms with Crippen molar-refractivity contribution >= 4 is 49.4 Å². The molecule has 0 amide bonds. The lowest BCUT2D eigenvalue weighted by Gasteiger charge is -2.43. The van der Waals surface area contributed by atoms with Crippen molar-refractivity contribution in [1.29, 1.82) is 0 Å². The fourth-order valence-corrected chi connectivity index (χ4v) is 10.1. The third kappa shape index (κ3) is 3.50. The van der Waals surface area contributed by atoms with Gasteiger partial charge in [0.15, 0.2) is 0 Å². The summed E-state index contributed by atoms with van der Waals surface area (Å²) in [5.41, 5.74) is 18.9. The van der Waals surface area contributed by atoms with Crippen LogP contribution in [0.2, 0.25) is 0 Å². The molecular formula is C48H32N2. The van der Waals surface area contributed by atoms with Gasteiger partial charge in [-0.05, 0) is 107 Å². The number of benzene rings is 4. The summed E-state index contributed by atoms with van der Waals surface area (Å²) in [6, 6.07) is 33.5. The van der Waals surface area contributed by atoms with E-state index >= 15 is 0 Å². The number of pyridine rings is 1. The lowest BCUT2D eigenvalue weighted by molar-refractivity contribution is 0.555. The highest BCUT2D eigenvalue weighted by atomic mass is 14.9. The van der Waals surface area contributed by atoms with Crippen molar-refractivity contribution in [1.82, 2.24) is 10.3 Å². The Balaban J connectivity index is 1.12. The topological polar surface area (TPSA) is 24.9 Å². The number of nitrogens with zero attached hydrogens (tertiary/aromatic N) is 1. The molecular weight excluding hydrogens is 605 g/mol. The highest BCUT2D eigenvalue weighted by Crippen LogP contribution is 2.59. The Bertz CT molecular complexity index is 2690. The minimum absolute atomic E-state index is 0.182. The van der Waals surface area contributed by atoms with Crippen molar-refractivity contribution in [3.05, 3.63) is 202 Å². The fourth-order valence-electron chi connectivity index (χ4n) is 10.1. The smallest absolute Gasteiger partial charge is 0.0668 e. The third-order valence-electron chi connectivity index (χ3n) is 12.2. The normalized spacial score (nSPS) is 24.8. The molecule has 2 nitrogen and oxygen atoms in total. The maximum Gasteiger partial charge on any atom is 0.0668 e. The van der Waals surface area contributed by atoms with Crippen LogP contribution in [0.1, 0.15) is 27.9 Å². The van der Waals surface area contributed by atoms with Crippen LogP contribution in [0.15, 0.2) is 174 Å². The average Bonchev–Trinajstić information content (AvgIpc) is 3.67. The molecule has 7 aliphatic rings. The molecule has 4 aromatic carbocycles. The Morgan fingerprint density at radius 3 is 1.54 bits per heavy atom. The van der Waals surface area contributed by atoms with Gasteiger partial charge >= 0.3 is 0 Å². The number of rotatable bonds is 2. The summed E-state index contributed by atoms with van der Waals surface area (Å²) in [6.45, 7) is 0.850. The predicted octanol–water partition coefficient (Wildman–Crippen LogP) is 10.5. The van der Waals surface area contributed by atoms with Gasteiger partial charge in [0.25, 0.3) is 0 Å². The number of hydrogen-bond donors (Lipinski definition) is 1. The van der Waals surface area contributed by atoms with Crippen molar-refractivity contribution in [2.45, 2.75) is 0 Å². The van der Waals surface area contributed by atoms with E-state index in [0.29, 0.717) is 0 Å². The minimum Gasteiger partial charge on any atom is -0.381 e. The van der Waals surface area contributed by atoms with E-state index in [0.717, 1.165) is 12.2 Å². The van der Waals surface area contributed by atoms with Crippen LogP contribution in [0.25, 0.3) is 49.4 Å². The van der Waals surface area contributed by atoms with Crippen molar-refractivity contribution in [3.63, 3.8) is 0 Å². The molecule has 0 radical (unpaired) electrons. The maximum absolute atomic E-state index is 4.98. The molecule has 6 aliphatic carbocycles. The zero-order valence-electron chi connectivity index (χ0n) is 27.4.